The maximum atomic E-state index is 12.8. The molecule has 20 heavy (non-hydrogen) atoms. The fraction of sp³-hybridized carbons (Fsp3) is 0.333. The Bertz CT molecular complexity index is 609. The van der Waals surface area contributed by atoms with Gasteiger partial charge in [-0.3, -0.25) is 4.79 Å². The van der Waals surface area contributed by atoms with Crippen LogP contribution in [0.4, 0.5) is 8.78 Å². The number of halogens is 2. The number of carbonyl (C=O) groups is 1. The number of thiazole rings is 1. The summed E-state index contributed by atoms with van der Waals surface area (Å²) in [6.07, 6.45) is 1.59. The van der Waals surface area contributed by atoms with Crippen LogP contribution in [0.1, 0.15) is 15.5 Å². The van der Waals surface area contributed by atoms with Crippen molar-refractivity contribution in [1.29, 1.82) is 0 Å². The van der Waals surface area contributed by atoms with Gasteiger partial charge < -0.3 is 15.4 Å². The van der Waals surface area contributed by atoms with Gasteiger partial charge in [0, 0.05) is 17.1 Å². The summed E-state index contributed by atoms with van der Waals surface area (Å²) in [4.78, 5) is 18.7. The number of alkyl halides is 2. The lowest BCUT2D eigenvalue weighted by atomic mass is 10.2. The highest BCUT2D eigenvalue weighted by Crippen LogP contribution is 2.22. The third-order valence-electron chi connectivity index (χ3n) is 2.58. The summed E-state index contributed by atoms with van der Waals surface area (Å²) in [5.41, 5.74) is 1.61. The van der Waals surface area contributed by atoms with E-state index in [-0.39, 0.29) is 5.69 Å². The smallest absolute Gasteiger partial charge is 0.287 e. The van der Waals surface area contributed by atoms with Crippen molar-refractivity contribution in [2.75, 3.05) is 13.2 Å². The van der Waals surface area contributed by atoms with Crippen molar-refractivity contribution in [1.82, 2.24) is 15.3 Å². The van der Waals surface area contributed by atoms with E-state index in [1.807, 2.05) is 12.3 Å². The molecule has 0 aliphatic heterocycles. The summed E-state index contributed by atoms with van der Waals surface area (Å²) >= 11 is 1.48. The lowest BCUT2D eigenvalue weighted by Crippen LogP contribution is -2.39. The van der Waals surface area contributed by atoms with Crippen LogP contribution in [0, 0.1) is 6.92 Å². The molecule has 0 aromatic carbocycles. The number of nitrogens with zero attached hydrogens (tertiary/aromatic N) is 1. The van der Waals surface area contributed by atoms with Crippen LogP contribution in [-0.4, -0.2) is 40.1 Å². The average molecular weight is 301 g/mol. The van der Waals surface area contributed by atoms with Gasteiger partial charge in [-0.05, 0) is 13.0 Å². The molecule has 0 unspecified atom stereocenters. The van der Waals surface area contributed by atoms with Crippen LogP contribution < -0.4 is 5.32 Å². The molecule has 2 rings (SSSR count). The standard InChI is InChI=1S/C12H13F2N3O2S/c1-7-17-10(4-20-7)8-2-9(15-3-8)11(19)16-5-12(13,14)6-18/h2-4,15,18H,5-6H2,1H3,(H,16,19). The van der Waals surface area contributed by atoms with E-state index < -0.39 is 25.0 Å². The van der Waals surface area contributed by atoms with Crippen molar-refractivity contribution in [3.8, 4) is 11.3 Å². The zero-order valence-electron chi connectivity index (χ0n) is 10.6. The Hall–Kier alpha value is -1.80. The molecule has 2 aromatic heterocycles. The van der Waals surface area contributed by atoms with Gasteiger partial charge in [-0.2, -0.15) is 0 Å². The van der Waals surface area contributed by atoms with Crippen LogP contribution in [0.15, 0.2) is 17.6 Å². The SMILES string of the molecule is Cc1nc(-c2c[nH]c(C(=O)NCC(F)(F)CO)c2)cs1. The number of aliphatic hydroxyl groups is 1. The second-order valence-electron chi connectivity index (χ2n) is 4.25. The van der Waals surface area contributed by atoms with Crippen molar-refractivity contribution < 1.29 is 18.7 Å². The number of hydrogen-bond donors (Lipinski definition) is 3. The normalized spacial score (nSPS) is 11.6. The molecule has 2 heterocycles. The topological polar surface area (TPSA) is 78.0 Å². The summed E-state index contributed by atoms with van der Waals surface area (Å²) in [5.74, 6) is -3.98. The Kier molecular flexibility index (Phi) is 4.15. The third kappa shape index (κ3) is 3.40. The molecule has 2 aromatic rings. The second kappa shape index (κ2) is 5.68. The van der Waals surface area contributed by atoms with Gasteiger partial charge >= 0.3 is 0 Å². The van der Waals surface area contributed by atoms with E-state index >= 15 is 0 Å². The zero-order valence-corrected chi connectivity index (χ0v) is 11.4. The van der Waals surface area contributed by atoms with Crippen molar-refractivity contribution in [2.24, 2.45) is 0 Å². The fourth-order valence-corrected chi connectivity index (χ4v) is 2.15. The number of rotatable bonds is 5. The molecular weight excluding hydrogens is 288 g/mol. The molecule has 8 heteroatoms. The first kappa shape index (κ1) is 14.6. The first-order chi connectivity index (χ1) is 9.41. The zero-order chi connectivity index (χ0) is 14.8. The van der Waals surface area contributed by atoms with Crippen LogP contribution in [0.2, 0.25) is 0 Å². The number of aryl methyl sites for hydroxylation is 1. The van der Waals surface area contributed by atoms with Crippen LogP contribution in [-0.2, 0) is 0 Å². The molecule has 0 fully saturated rings. The van der Waals surface area contributed by atoms with E-state index in [2.05, 4.69) is 15.3 Å². The average Bonchev–Trinajstić information content (AvgIpc) is 3.04. The molecule has 0 saturated carbocycles. The van der Waals surface area contributed by atoms with Crippen LogP contribution in [0.25, 0.3) is 11.3 Å². The number of amides is 1. The molecule has 0 bridgehead atoms. The Morgan fingerprint density at radius 1 is 1.60 bits per heavy atom. The van der Waals surface area contributed by atoms with Gasteiger partial charge in [0.05, 0.1) is 17.2 Å². The van der Waals surface area contributed by atoms with Crippen molar-refractivity contribution in [3.05, 3.63) is 28.3 Å². The first-order valence-electron chi connectivity index (χ1n) is 5.79. The largest absolute Gasteiger partial charge is 0.390 e. The second-order valence-corrected chi connectivity index (χ2v) is 5.31. The van der Waals surface area contributed by atoms with Gasteiger partial charge in [0.1, 0.15) is 12.3 Å². The van der Waals surface area contributed by atoms with Gasteiger partial charge in [0.25, 0.3) is 11.8 Å². The molecule has 3 N–H and O–H groups in total. The van der Waals surface area contributed by atoms with E-state index in [1.54, 1.807) is 12.3 Å². The highest BCUT2D eigenvalue weighted by Gasteiger charge is 2.28. The number of aromatic amines is 1. The first-order valence-corrected chi connectivity index (χ1v) is 6.67. The van der Waals surface area contributed by atoms with Gasteiger partial charge in [0.15, 0.2) is 0 Å². The van der Waals surface area contributed by atoms with Crippen molar-refractivity contribution >= 4 is 17.2 Å². The van der Waals surface area contributed by atoms with Crippen molar-refractivity contribution in [2.45, 2.75) is 12.8 Å². The summed E-state index contributed by atoms with van der Waals surface area (Å²) in [7, 11) is 0. The molecule has 108 valence electrons. The molecule has 5 nitrogen and oxygen atoms in total. The predicted octanol–water partition coefficient (Wildman–Crippen LogP) is 1.80. The minimum atomic E-state index is -3.32. The minimum Gasteiger partial charge on any atom is -0.390 e. The molecule has 1 amide bonds. The highest BCUT2D eigenvalue weighted by atomic mass is 32.1. The van der Waals surface area contributed by atoms with Gasteiger partial charge in [-0.1, -0.05) is 0 Å². The van der Waals surface area contributed by atoms with Gasteiger partial charge in [-0.25, -0.2) is 13.8 Å². The van der Waals surface area contributed by atoms with E-state index in [1.165, 1.54) is 11.3 Å². The predicted molar refractivity (Wildman–Crippen MR) is 71.0 cm³/mol. The van der Waals surface area contributed by atoms with E-state index in [0.717, 1.165) is 10.7 Å². The van der Waals surface area contributed by atoms with Gasteiger partial charge in [-0.15, -0.1) is 11.3 Å². The Labute approximate surface area is 117 Å². The molecule has 0 saturated heterocycles. The van der Waals surface area contributed by atoms with Crippen LogP contribution >= 0.6 is 11.3 Å². The van der Waals surface area contributed by atoms with E-state index in [9.17, 15) is 13.6 Å². The number of carbonyl (C=O) groups excluding carboxylic acids is 1. The quantitative estimate of drug-likeness (QED) is 0.788. The number of aliphatic hydroxyl groups excluding tert-OH is 1. The number of aromatic nitrogens is 2. The molecule has 0 aliphatic rings. The number of H-pyrrole nitrogens is 1. The molecule has 0 spiro atoms. The number of nitrogens with one attached hydrogen (secondary N) is 2. The third-order valence-corrected chi connectivity index (χ3v) is 3.35. The maximum absolute atomic E-state index is 12.8. The fourth-order valence-electron chi connectivity index (χ4n) is 1.53. The van der Waals surface area contributed by atoms with E-state index in [0.29, 0.717) is 5.56 Å². The Balaban J connectivity index is 2.03. The summed E-state index contributed by atoms with van der Waals surface area (Å²) in [5, 5.41) is 13.2. The van der Waals surface area contributed by atoms with Crippen LogP contribution in [0.5, 0.6) is 0 Å². The maximum Gasteiger partial charge on any atom is 0.287 e. The summed E-state index contributed by atoms with van der Waals surface area (Å²) in [6.45, 7) is -0.348. The number of hydrogen-bond acceptors (Lipinski definition) is 4. The summed E-state index contributed by atoms with van der Waals surface area (Å²) < 4.78 is 25.6. The highest BCUT2D eigenvalue weighted by molar-refractivity contribution is 7.09. The molecule has 0 atom stereocenters. The van der Waals surface area contributed by atoms with E-state index in [4.69, 9.17) is 5.11 Å². The molecule has 0 radical (unpaired) electrons. The summed E-state index contributed by atoms with van der Waals surface area (Å²) in [6, 6.07) is 1.54. The minimum absolute atomic E-state index is 0.166. The van der Waals surface area contributed by atoms with Gasteiger partial charge in [0.2, 0.25) is 0 Å². The Morgan fingerprint density at radius 3 is 2.95 bits per heavy atom. The molecular formula is C12H13F2N3O2S. The molecule has 0 aliphatic carbocycles. The lowest BCUT2D eigenvalue weighted by molar-refractivity contribution is -0.0462. The monoisotopic (exact) mass is 301 g/mol. The van der Waals surface area contributed by atoms with Crippen molar-refractivity contribution in [3.63, 3.8) is 0 Å². The Morgan fingerprint density at radius 2 is 2.35 bits per heavy atom. The lowest BCUT2D eigenvalue weighted by Gasteiger charge is -2.13. The van der Waals surface area contributed by atoms with Crippen LogP contribution in [0.3, 0.4) is 0 Å².